The summed E-state index contributed by atoms with van der Waals surface area (Å²) in [5, 5.41) is 9.55. The summed E-state index contributed by atoms with van der Waals surface area (Å²) in [4.78, 5) is 20.9. The molecule has 0 saturated heterocycles. The Morgan fingerprint density at radius 2 is 1.60 bits per heavy atom. The Labute approximate surface area is 170 Å². The molecule has 7 heteroatoms. The fraction of sp³-hybridized carbons (Fsp3) is 0. The van der Waals surface area contributed by atoms with Crippen LogP contribution < -0.4 is 0 Å². The van der Waals surface area contributed by atoms with E-state index in [1.165, 1.54) is 0 Å². The normalized spacial score (nSPS) is 11.3. The van der Waals surface area contributed by atoms with E-state index in [0.29, 0.717) is 0 Å². The van der Waals surface area contributed by atoms with Crippen LogP contribution in [0.5, 0.6) is 0 Å². The highest BCUT2D eigenvalue weighted by atomic mass is 15.2. The highest BCUT2D eigenvalue weighted by molar-refractivity contribution is 5.99. The fourth-order valence-electron chi connectivity index (χ4n) is 3.72. The maximum Gasteiger partial charge on any atom is 0.155 e. The van der Waals surface area contributed by atoms with Crippen LogP contribution in [0.25, 0.3) is 55.7 Å². The molecule has 0 bridgehead atoms. The minimum absolute atomic E-state index is 0.740. The molecule has 0 atom stereocenters. The molecule has 0 unspecified atom stereocenters. The second kappa shape index (κ2) is 6.59. The topological polar surface area (TPSA) is 96.0 Å². The Morgan fingerprint density at radius 1 is 0.667 bits per heavy atom. The van der Waals surface area contributed by atoms with Gasteiger partial charge in [0.1, 0.15) is 5.69 Å². The van der Waals surface area contributed by atoms with Gasteiger partial charge >= 0.3 is 0 Å². The number of nitrogens with zero attached hydrogens (tertiary/aromatic N) is 5. The molecule has 6 heterocycles. The number of hydrogen-bond acceptors (Lipinski definition) is 5. The quantitative estimate of drug-likeness (QED) is 0.460. The van der Waals surface area contributed by atoms with Crippen LogP contribution in [0.3, 0.4) is 0 Å². The Kier molecular flexibility index (Phi) is 3.64. The number of aromatic nitrogens is 7. The average molecular weight is 389 g/mol. The van der Waals surface area contributed by atoms with Crippen LogP contribution in [0.4, 0.5) is 0 Å². The lowest BCUT2D eigenvalue weighted by Crippen LogP contribution is -1.84. The van der Waals surface area contributed by atoms with E-state index < -0.39 is 0 Å². The van der Waals surface area contributed by atoms with Gasteiger partial charge in [-0.15, -0.1) is 0 Å². The lowest BCUT2D eigenvalue weighted by atomic mass is 10.1. The summed E-state index contributed by atoms with van der Waals surface area (Å²) in [5.74, 6) is 0. The SMILES string of the molecule is c1cncc(-c2cnc3[nH]nc(-c4cc5c(-c6ccncc6)nccc5[nH]4)c3c2)c1. The molecule has 6 aromatic rings. The molecular weight excluding hydrogens is 374 g/mol. The molecule has 0 spiro atoms. The summed E-state index contributed by atoms with van der Waals surface area (Å²) in [6.45, 7) is 0. The van der Waals surface area contributed by atoms with Crippen molar-refractivity contribution in [3.8, 4) is 33.8 Å². The molecule has 0 aromatic carbocycles. The van der Waals surface area contributed by atoms with Crippen LogP contribution in [-0.2, 0) is 0 Å². The van der Waals surface area contributed by atoms with E-state index in [1.54, 1.807) is 18.6 Å². The molecule has 0 aliphatic rings. The molecule has 6 rings (SSSR count). The Balaban J connectivity index is 1.52. The van der Waals surface area contributed by atoms with E-state index in [9.17, 15) is 0 Å². The fourth-order valence-corrected chi connectivity index (χ4v) is 3.72. The summed E-state index contributed by atoms with van der Waals surface area (Å²) < 4.78 is 0. The van der Waals surface area contributed by atoms with Gasteiger partial charge in [0, 0.05) is 70.2 Å². The minimum Gasteiger partial charge on any atom is -0.353 e. The van der Waals surface area contributed by atoms with Gasteiger partial charge in [0.25, 0.3) is 0 Å². The molecule has 142 valence electrons. The number of hydrogen-bond donors (Lipinski definition) is 2. The Hall–Kier alpha value is -4.39. The van der Waals surface area contributed by atoms with E-state index in [0.717, 1.165) is 55.7 Å². The number of rotatable bonds is 3. The Morgan fingerprint density at radius 3 is 2.47 bits per heavy atom. The zero-order chi connectivity index (χ0) is 19.9. The van der Waals surface area contributed by atoms with Crippen LogP contribution in [0.15, 0.2) is 79.6 Å². The zero-order valence-electron chi connectivity index (χ0n) is 15.7. The number of pyridine rings is 4. The van der Waals surface area contributed by atoms with Gasteiger partial charge in [-0.05, 0) is 36.4 Å². The number of H-pyrrole nitrogens is 2. The zero-order valence-corrected chi connectivity index (χ0v) is 15.7. The molecule has 0 fully saturated rings. The smallest absolute Gasteiger partial charge is 0.155 e. The first-order valence-electron chi connectivity index (χ1n) is 9.50. The van der Waals surface area contributed by atoms with Gasteiger partial charge in [0.2, 0.25) is 0 Å². The van der Waals surface area contributed by atoms with E-state index in [4.69, 9.17) is 0 Å². The number of fused-ring (bicyclic) bond motifs is 2. The van der Waals surface area contributed by atoms with Crippen molar-refractivity contribution in [1.82, 2.24) is 35.1 Å². The second-order valence-electron chi connectivity index (χ2n) is 6.97. The molecule has 30 heavy (non-hydrogen) atoms. The first-order valence-corrected chi connectivity index (χ1v) is 9.50. The van der Waals surface area contributed by atoms with Crippen molar-refractivity contribution in [3.05, 3.63) is 79.6 Å². The van der Waals surface area contributed by atoms with Crippen LogP contribution in [0.1, 0.15) is 0 Å². The van der Waals surface area contributed by atoms with Gasteiger partial charge in [0.15, 0.2) is 5.65 Å². The van der Waals surface area contributed by atoms with E-state index >= 15 is 0 Å². The van der Waals surface area contributed by atoms with Crippen molar-refractivity contribution in [3.63, 3.8) is 0 Å². The Bertz CT molecular complexity index is 1480. The maximum atomic E-state index is 4.59. The molecule has 0 radical (unpaired) electrons. The van der Waals surface area contributed by atoms with E-state index in [2.05, 4.69) is 47.2 Å². The molecular formula is C23H15N7. The molecule has 0 saturated carbocycles. The van der Waals surface area contributed by atoms with Crippen molar-refractivity contribution < 1.29 is 0 Å². The molecule has 0 amide bonds. The third kappa shape index (κ3) is 2.64. The predicted octanol–water partition coefficient (Wildman–Crippen LogP) is 4.63. The van der Waals surface area contributed by atoms with Crippen molar-refractivity contribution >= 4 is 21.9 Å². The lowest BCUT2D eigenvalue weighted by molar-refractivity contribution is 1.10. The largest absolute Gasteiger partial charge is 0.353 e. The van der Waals surface area contributed by atoms with Crippen molar-refractivity contribution in [1.29, 1.82) is 0 Å². The molecule has 0 aliphatic heterocycles. The van der Waals surface area contributed by atoms with Crippen LogP contribution in [-0.4, -0.2) is 35.1 Å². The van der Waals surface area contributed by atoms with Crippen molar-refractivity contribution in [2.45, 2.75) is 0 Å². The summed E-state index contributed by atoms with van der Waals surface area (Å²) in [5.41, 5.74) is 7.40. The third-order valence-corrected chi connectivity index (χ3v) is 5.17. The van der Waals surface area contributed by atoms with Gasteiger partial charge in [-0.1, -0.05) is 6.07 Å². The summed E-state index contributed by atoms with van der Waals surface area (Å²) in [7, 11) is 0. The standard InChI is InChI=1S/C23H15N7/c1-2-15(12-25-6-1)16-10-18-22(29-30-23(18)27-13-16)20-11-17-19(28-20)5-9-26-21(17)14-3-7-24-8-4-14/h1-13,28H,(H,27,29,30). The van der Waals surface area contributed by atoms with Crippen LogP contribution in [0, 0.1) is 0 Å². The highest BCUT2D eigenvalue weighted by Crippen LogP contribution is 2.33. The van der Waals surface area contributed by atoms with Gasteiger partial charge in [-0.3, -0.25) is 20.1 Å². The van der Waals surface area contributed by atoms with Gasteiger partial charge in [-0.2, -0.15) is 5.10 Å². The third-order valence-electron chi connectivity index (χ3n) is 5.17. The minimum atomic E-state index is 0.740. The average Bonchev–Trinajstić information content (AvgIpc) is 3.43. The van der Waals surface area contributed by atoms with E-state index in [1.807, 2.05) is 48.9 Å². The molecule has 6 aromatic heterocycles. The molecule has 2 N–H and O–H groups in total. The summed E-state index contributed by atoms with van der Waals surface area (Å²) >= 11 is 0. The van der Waals surface area contributed by atoms with Gasteiger partial charge in [-0.25, -0.2) is 4.98 Å². The first-order chi connectivity index (χ1) is 14.9. The van der Waals surface area contributed by atoms with Crippen molar-refractivity contribution in [2.24, 2.45) is 0 Å². The second-order valence-corrected chi connectivity index (χ2v) is 6.97. The predicted molar refractivity (Wildman–Crippen MR) is 115 cm³/mol. The number of nitrogens with one attached hydrogen (secondary N) is 2. The molecule has 0 aliphatic carbocycles. The first kappa shape index (κ1) is 16.6. The van der Waals surface area contributed by atoms with Gasteiger partial charge < -0.3 is 4.98 Å². The van der Waals surface area contributed by atoms with Gasteiger partial charge in [0.05, 0.1) is 11.4 Å². The summed E-state index contributed by atoms with van der Waals surface area (Å²) in [6, 6.07) is 14.0. The van der Waals surface area contributed by atoms with Crippen LogP contribution >= 0.6 is 0 Å². The van der Waals surface area contributed by atoms with Crippen LogP contribution in [0.2, 0.25) is 0 Å². The highest BCUT2D eigenvalue weighted by Gasteiger charge is 2.15. The maximum absolute atomic E-state index is 4.59. The molecule has 7 nitrogen and oxygen atoms in total. The number of aromatic amines is 2. The van der Waals surface area contributed by atoms with E-state index in [-0.39, 0.29) is 0 Å². The lowest BCUT2D eigenvalue weighted by Gasteiger charge is -2.01. The monoisotopic (exact) mass is 389 g/mol. The van der Waals surface area contributed by atoms with Crippen molar-refractivity contribution in [2.75, 3.05) is 0 Å². The summed E-state index contributed by atoms with van der Waals surface area (Å²) in [6.07, 6.45) is 10.8.